The number of benzene rings is 2. The van der Waals surface area contributed by atoms with Crippen molar-refractivity contribution in [3.63, 3.8) is 0 Å². The van der Waals surface area contributed by atoms with Gasteiger partial charge < -0.3 is 16.4 Å². The van der Waals surface area contributed by atoms with Gasteiger partial charge in [0.25, 0.3) is 0 Å². The third-order valence-electron chi connectivity index (χ3n) is 3.20. The Morgan fingerprint density at radius 1 is 1.16 bits per heavy atom. The third kappa shape index (κ3) is 3.94. The zero-order valence-electron chi connectivity index (χ0n) is 12.3. The highest BCUT2D eigenvalue weighted by Gasteiger charge is 2.31. The van der Waals surface area contributed by atoms with E-state index in [2.05, 4.69) is 15.6 Å². The molecule has 1 heterocycles. The van der Waals surface area contributed by atoms with Crippen molar-refractivity contribution in [3.8, 4) is 0 Å². The van der Waals surface area contributed by atoms with Crippen LogP contribution < -0.4 is 16.4 Å². The van der Waals surface area contributed by atoms with Crippen LogP contribution in [0.1, 0.15) is 5.56 Å². The fourth-order valence-corrected chi connectivity index (χ4v) is 2.98. The number of carbonyl (C=O) groups is 1. The van der Waals surface area contributed by atoms with E-state index >= 15 is 0 Å². The summed E-state index contributed by atoms with van der Waals surface area (Å²) in [6, 6.07) is 6.92. The summed E-state index contributed by atoms with van der Waals surface area (Å²) in [4.78, 5) is 16.1. The first-order valence-corrected chi connectivity index (χ1v) is 8.02. The number of hydrogen-bond acceptors (Lipinski definition) is 4. The number of carbonyl (C=O) groups excluding carboxylic acids is 1. The largest absolute Gasteiger partial charge is 0.416 e. The van der Waals surface area contributed by atoms with Crippen molar-refractivity contribution in [1.29, 1.82) is 0 Å². The van der Waals surface area contributed by atoms with E-state index < -0.39 is 17.8 Å². The molecule has 3 rings (SSSR count). The van der Waals surface area contributed by atoms with Gasteiger partial charge in [0.05, 0.1) is 26.5 Å². The van der Waals surface area contributed by atoms with Gasteiger partial charge in [0.2, 0.25) is 0 Å². The first-order valence-electron chi connectivity index (χ1n) is 6.83. The van der Waals surface area contributed by atoms with E-state index in [0.29, 0.717) is 16.3 Å². The minimum Gasteiger partial charge on any atom is -0.375 e. The van der Waals surface area contributed by atoms with Gasteiger partial charge in [0.15, 0.2) is 5.13 Å². The highest BCUT2D eigenvalue weighted by atomic mass is 35.5. The molecular weight excluding hydrogens is 377 g/mol. The highest BCUT2D eigenvalue weighted by Crippen LogP contribution is 2.34. The van der Waals surface area contributed by atoms with Crippen LogP contribution in [0.15, 0.2) is 36.4 Å². The van der Waals surface area contributed by atoms with Gasteiger partial charge in [-0.25, -0.2) is 9.78 Å². The Morgan fingerprint density at radius 2 is 1.92 bits per heavy atom. The number of alkyl halides is 3. The molecule has 1 aromatic heterocycles. The average molecular weight is 387 g/mol. The number of nitrogens with two attached hydrogens (primary N) is 1. The van der Waals surface area contributed by atoms with Crippen LogP contribution in [-0.2, 0) is 6.18 Å². The summed E-state index contributed by atoms with van der Waals surface area (Å²) in [7, 11) is 0. The normalized spacial score (nSPS) is 11.5. The van der Waals surface area contributed by atoms with Gasteiger partial charge >= 0.3 is 12.2 Å². The van der Waals surface area contributed by atoms with Crippen molar-refractivity contribution in [3.05, 3.63) is 47.0 Å². The number of amides is 2. The lowest BCUT2D eigenvalue weighted by Crippen LogP contribution is -2.20. The number of hydrogen-bond donors (Lipinski definition) is 3. The molecule has 2 aromatic carbocycles. The molecule has 3 aromatic rings. The smallest absolute Gasteiger partial charge is 0.375 e. The fraction of sp³-hybridized carbons (Fsp3) is 0.0667. The number of nitrogens with zero attached hydrogens (tertiary/aromatic N) is 1. The van der Waals surface area contributed by atoms with Crippen LogP contribution in [0.4, 0.5) is 34.5 Å². The Bertz CT molecular complexity index is 958. The van der Waals surface area contributed by atoms with Crippen LogP contribution in [0.25, 0.3) is 10.2 Å². The molecular formula is C15H10ClF3N4OS. The first-order chi connectivity index (χ1) is 11.7. The molecule has 2 amide bonds. The molecule has 10 heteroatoms. The molecule has 130 valence electrons. The summed E-state index contributed by atoms with van der Waals surface area (Å²) in [5.41, 5.74) is 5.58. The molecule has 4 N–H and O–H groups in total. The van der Waals surface area contributed by atoms with Crippen LogP contribution in [0.5, 0.6) is 0 Å². The zero-order chi connectivity index (χ0) is 18.2. The number of halogens is 4. The van der Waals surface area contributed by atoms with E-state index in [-0.39, 0.29) is 10.7 Å². The van der Waals surface area contributed by atoms with Crippen LogP contribution >= 0.6 is 22.9 Å². The van der Waals surface area contributed by atoms with Crippen molar-refractivity contribution in [1.82, 2.24) is 4.98 Å². The first kappa shape index (κ1) is 17.3. The summed E-state index contributed by atoms with van der Waals surface area (Å²) >= 11 is 7.14. The summed E-state index contributed by atoms with van der Waals surface area (Å²) in [5.74, 6) is 0. The van der Waals surface area contributed by atoms with Gasteiger partial charge in [-0.2, -0.15) is 13.2 Å². The zero-order valence-corrected chi connectivity index (χ0v) is 13.9. The molecule has 0 saturated carbocycles. The van der Waals surface area contributed by atoms with Crippen molar-refractivity contribution in [2.45, 2.75) is 6.18 Å². The summed E-state index contributed by atoms with van der Waals surface area (Å²) < 4.78 is 39.1. The molecule has 0 aliphatic rings. The fourth-order valence-electron chi connectivity index (χ4n) is 2.11. The minimum absolute atomic E-state index is 0.00845. The number of rotatable bonds is 2. The van der Waals surface area contributed by atoms with Crippen molar-refractivity contribution in [2.75, 3.05) is 16.4 Å². The van der Waals surface area contributed by atoms with Crippen molar-refractivity contribution < 1.29 is 18.0 Å². The number of nitrogen functional groups attached to an aromatic ring is 1. The second kappa shape index (κ2) is 6.41. The van der Waals surface area contributed by atoms with Crippen LogP contribution in [0.3, 0.4) is 0 Å². The average Bonchev–Trinajstić information content (AvgIpc) is 2.87. The topological polar surface area (TPSA) is 80.0 Å². The lowest BCUT2D eigenvalue weighted by Gasteiger charge is -2.12. The molecule has 0 saturated heterocycles. The Labute approximate surface area is 148 Å². The lowest BCUT2D eigenvalue weighted by molar-refractivity contribution is -0.137. The van der Waals surface area contributed by atoms with E-state index in [1.807, 2.05) is 0 Å². The van der Waals surface area contributed by atoms with Crippen LogP contribution in [0.2, 0.25) is 5.02 Å². The van der Waals surface area contributed by atoms with Gasteiger partial charge in [-0.05, 0) is 36.4 Å². The summed E-state index contributed by atoms with van der Waals surface area (Å²) in [5, 5.41) is 5.20. The Balaban J connectivity index is 1.77. The number of nitrogens with one attached hydrogen (secondary N) is 2. The van der Waals surface area contributed by atoms with Crippen molar-refractivity contribution in [2.24, 2.45) is 0 Å². The standard InChI is InChI=1S/C15H10ClF3N4OS/c16-9-3-1-7(15(17,18)19)5-10(9)23-14(24)21-8-2-4-12-11(6-8)22-13(20)25-12/h1-6H,(H2,20,22)(H2,21,23,24). The SMILES string of the molecule is Nc1nc2cc(NC(=O)Nc3cc(C(F)(F)F)ccc3Cl)ccc2s1. The Morgan fingerprint density at radius 3 is 2.64 bits per heavy atom. The molecule has 0 atom stereocenters. The highest BCUT2D eigenvalue weighted by molar-refractivity contribution is 7.22. The predicted molar refractivity (Wildman–Crippen MR) is 93.1 cm³/mol. The van der Waals surface area contributed by atoms with E-state index in [0.717, 1.165) is 22.9 Å². The summed E-state index contributed by atoms with van der Waals surface area (Å²) in [6.45, 7) is 0. The van der Waals surface area contributed by atoms with E-state index in [1.165, 1.54) is 11.3 Å². The molecule has 0 fully saturated rings. The molecule has 0 bridgehead atoms. The van der Waals surface area contributed by atoms with Gasteiger partial charge in [0, 0.05) is 5.69 Å². The Kier molecular flexibility index (Phi) is 4.44. The molecule has 0 unspecified atom stereocenters. The third-order valence-corrected chi connectivity index (χ3v) is 4.40. The number of urea groups is 1. The van der Waals surface area contributed by atoms with Crippen LogP contribution in [-0.4, -0.2) is 11.0 Å². The minimum atomic E-state index is -4.53. The number of fused-ring (bicyclic) bond motifs is 1. The van der Waals surface area contributed by atoms with Gasteiger partial charge in [0.1, 0.15) is 0 Å². The molecule has 0 aliphatic heterocycles. The quantitative estimate of drug-likeness (QED) is 0.566. The van der Waals surface area contributed by atoms with E-state index in [1.54, 1.807) is 18.2 Å². The second-order valence-electron chi connectivity index (χ2n) is 5.01. The van der Waals surface area contributed by atoms with E-state index in [9.17, 15) is 18.0 Å². The van der Waals surface area contributed by atoms with Gasteiger partial charge in [-0.15, -0.1) is 0 Å². The predicted octanol–water partition coefficient (Wildman–Crippen LogP) is 5.19. The van der Waals surface area contributed by atoms with Crippen LogP contribution in [0, 0.1) is 0 Å². The molecule has 0 radical (unpaired) electrons. The second-order valence-corrected chi connectivity index (χ2v) is 6.48. The van der Waals surface area contributed by atoms with Crippen molar-refractivity contribution >= 4 is 55.7 Å². The number of aromatic nitrogens is 1. The van der Waals surface area contributed by atoms with Gasteiger partial charge in [-0.1, -0.05) is 22.9 Å². The maximum atomic E-state index is 12.7. The Hall–Kier alpha value is -2.52. The lowest BCUT2D eigenvalue weighted by atomic mass is 10.2. The molecule has 0 spiro atoms. The monoisotopic (exact) mass is 386 g/mol. The van der Waals surface area contributed by atoms with E-state index in [4.69, 9.17) is 17.3 Å². The number of anilines is 3. The molecule has 25 heavy (non-hydrogen) atoms. The van der Waals surface area contributed by atoms with Gasteiger partial charge in [-0.3, -0.25) is 0 Å². The molecule has 5 nitrogen and oxygen atoms in total. The summed E-state index contributed by atoms with van der Waals surface area (Å²) in [6.07, 6.45) is -4.53. The maximum Gasteiger partial charge on any atom is 0.416 e. The number of thiazole rings is 1. The maximum absolute atomic E-state index is 12.7. The molecule has 0 aliphatic carbocycles.